The average Bonchev–Trinajstić information content (AvgIpc) is 2.18. The summed E-state index contributed by atoms with van der Waals surface area (Å²) >= 11 is 3.31. The minimum Gasteiger partial charge on any atom is -0.483 e. The van der Waals surface area contributed by atoms with Gasteiger partial charge in [0.1, 0.15) is 5.75 Å². The number of carbonyl (C=O) groups excluding carboxylic acids is 1. The van der Waals surface area contributed by atoms with Gasteiger partial charge in [0, 0.05) is 25.8 Å². The van der Waals surface area contributed by atoms with Crippen LogP contribution >= 0.6 is 15.9 Å². The van der Waals surface area contributed by atoms with Gasteiger partial charge in [-0.3, -0.25) is 4.79 Å². The number of anilines is 1. The van der Waals surface area contributed by atoms with E-state index in [1.54, 1.807) is 32.3 Å². The van der Waals surface area contributed by atoms with E-state index >= 15 is 0 Å². The predicted molar refractivity (Wildman–Crippen MR) is 62.7 cm³/mol. The van der Waals surface area contributed by atoms with Crippen LogP contribution in [-0.2, 0) is 4.79 Å². The van der Waals surface area contributed by atoms with Gasteiger partial charge in [-0.1, -0.05) is 0 Å². The number of halogens is 1. The number of nitrogens with zero attached hydrogens (tertiary/aromatic N) is 1. The van der Waals surface area contributed by atoms with Crippen molar-refractivity contribution in [1.29, 1.82) is 0 Å². The number of hydrogen-bond donors (Lipinski definition) is 1. The highest BCUT2D eigenvalue weighted by Crippen LogP contribution is 2.26. The van der Waals surface area contributed by atoms with E-state index in [1.807, 2.05) is 0 Å². The molecule has 5 heteroatoms. The van der Waals surface area contributed by atoms with Gasteiger partial charge in [0.05, 0.1) is 4.47 Å². The quantitative estimate of drug-likeness (QED) is 0.849. The van der Waals surface area contributed by atoms with Crippen LogP contribution in [0.25, 0.3) is 0 Å². The topological polar surface area (TPSA) is 55.6 Å². The fraction of sp³-hybridized carbons (Fsp3) is 0.300. The van der Waals surface area contributed by atoms with E-state index in [1.165, 1.54) is 4.90 Å². The molecule has 0 bridgehead atoms. The third-order valence-electron chi connectivity index (χ3n) is 1.81. The Morgan fingerprint density at radius 3 is 2.80 bits per heavy atom. The van der Waals surface area contributed by atoms with Gasteiger partial charge in [0.15, 0.2) is 6.61 Å². The fourth-order valence-electron chi connectivity index (χ4n) is 0.899. The van der Waals surface area contributed by atoms with Crippen molar-refractivity contribution in [3.05, 3.63) is 22.7 Å². The molecule has 0 aromatic heterocycles. The lowest BCUT2D eigenvalue weighted by Gasteiger charge is -2.12. The molecule has 0 aliphatic rings. The molecule has 0 aliphatic heterocycles. The van der Waals surface area contributed by atoms with Crippen LogP contribution in [0.15, 0.2) is 22.7 Å². The SMILES string of the molecule is CN(C)C(=O)COc1cc(N)ccc1Br. The molecule has 0 aliphatic carbocycles. The van der Waals surface area contributed by atoms with Crippen LogP contribution in [0.5, 0.6) is 5.75 Å². The zero-order valence-electron chi connectivity index (χ0n) is 8.66. The highest BCUT2D eigenvalue weighted by Gasteiger charge is 2.07. The van der Waals surface area contributed by atoms with Crippen LogP contribution in [0.2, 0.25) is 0 Å². The maximum atomic E-state index is 11.3. The molecule has 0 radical (unpaired) electrons. The minimum atomic E-state index is -0.0932. The second kappa shape index (κ2) is 5.02. The molecular formula is C10H13BrN2O2. The average molecular weight is 273 g/mol. The molecule has 0 spiro atoms. The smallest absolute Gasteiger partial charge is 0.259 e. The molecule has 1 rings (SSSR count). The Morgan fingerprint density at radius 2 is 2.20 bits per heavy atom. The number of likely N-dealkylation sites (N-methyl/N-ethyl adjacent to an activating group) is 1. The predicted octanol–water partition coefficient (Wildman–Crippen LogP) is 1.50. The molecule has 1 aromatic rings. The van der Waals surface area contributed by atoms with Crippen LogP contribution in [0.4, 0.5) is 5.69 Å². The van der Waals surface area contributed by atoms with Gasteiger partial charge in [-0.05, 0) is 28.1 Å². The van der Waals surface area contributed by atoms with Crippen molar-refractivity contribution in [2.24, 2.45) is 0 Å². The van der Waals surface area contributed by atoms with Gasteiger partial charge in [0.2, 0.25) is 0 Å². The van der Waals surface area contributed by atoms with Crippen molar-refractivity contribution < 1.29 is 9.53 Å². The van der Waals surface area contributed by atoms with Crippen LogP contribution < -0.4 is 10.5 Å². The summed E-state index contributed by atoms with van der Waals surface area (Å²) < 4.78 is 6.10. The van der Waals surface area contributed by atoms with Crippen LogP contribution in [-0.4, -0.2) is 31.5 Å². The largest absolute Gasteiger partial charge is 0.483 e. The van der Waals surface area contributed by atoms with Crippen LogP contribution in [0.1, 0.15) is 0 Å². The van der Waals surface area contributed by atoms with E-state index in [4.69, 9.17) is 10.5 Å². The van der Waals surface area contributed by atoms with Crippen molar-refractivity contribution in [2.45, 2.75) is 0 Å². The molecular weight excluding hydrogens is 260 g/mol. The zero-order chi connectivity index (χ0) is 11.4. The van der Waals surface area contributed by atoms with Crippen molar-refractivity contribution in [2.75, 3.05) is 26.4 Å². The van der Waals surface area contributed by atoms with Crippen molar-refractivity contribution >= 4 is 27.5 Å². The van der Waals surface area contributed by atoms with Gasteiger partial charge in [-0.2, -0.15) is 0 Å². The Bertz CT molecular complexity index is 366. The Balaban J connectivity index is 2.65. The summed E-state index contributed by atoms with van der Waals surface area (Å²) in [6, 6.07) is 5.21. The van der Waals surface area contributed by atoms with E-state index in [-0.39, 0.29) is 12.5 Å². The lowest BCUT2D eigenvalue weighted by atomic mass is 10.3. The second-order valence-electron chi connectivity index (χ2n) is 3.27. The molecule has 82 valence electrons. The number of nitrogen functional groups attached to an aromatic ring is 1. The minimum absolute atomic E-state index is 0.00898. The summed E-state index contributed by atoms with van der Waals surface area (Å²) in [5.74, 6) is 0.481. The summed E-state index contributed by atoms with van der Waals surface area (Å²) in [5.41, 5.74) is 6.20. The zero-order valence-corrected chi connectivity index (χ0v) is 10.2. The van der Waals surface area contributed by atoms with E-state index in [0.717, 1.165) is 4.47 Å². The highest BCUT2D eigenvalue weighted by atomic mass is 79.9. The number of ether oxygens (including phenoxy) is 1. The molecule has 15 heavy (non-hydrogen) atoms. The number of rotatable bonds is 3. The van der Waals surface area contributed by atoms with Gasteiger partial charge in [-0.15, -0.1) is 0 Å². The molecule has 0 unspecified atom stereocenters. The first kappa shape index (κ1) is 11.8. The maximum Gasteiger partial charge on any atom is 0.259 e. The molecule has 0 saturated carbocycles. The summed E-state index contributed by atoms with van der Waals surface area (Å²) in [6.45, 7) is 0.00898. The molecule has 1 amide bonds. The fourth-order valence-corrected chi connectivity index (χ4v) is 1.26. The summed E-state index contributed by atoms with van der Waals surface area (Å²) in [7, 11) is 3.36. The van der Waals surface area contributed by atoms with Gasteiger partial charge >= 0.3 is 0 Å². The highest BCUT2D eigenvalue weighted by molar-refractivity contribution is 9.10. The Morgan fingerprint density at radius 1 is 1.53 bits per heavy atom. The molecule has 4 nitrogen and oxygen atoms in total. The number of hydrogen-bond acceptors (Lipinski definition) is 3. The van der Waals surface area contributed by atoms with Crippen LogP contribution in [0, 0.1) is 0 Å². The van der Waals surface area contributed by atoms with Crippen molar-refractivity contribution in [3.63, 3.8) is 0 Å². The van der Waals surface area contributed by atoms with Crippen molar-refractivity contribution in [1.82, 2.24) is 4.90 Å². The van der Waals surface area contributed by atoms with Gasteiger partial charge in [-0.25, -0.2) is 0 Å². The first-order chi connectivity index (χ1) is 7.00. The Labute approximate surface area is 97.1 Å². The molecule has 2 N–H and O–H groups in total. The van der Waals surface area contributed by atoms with E-state index in [0.29, 0.717) is 11.4 Å². The third-order valence-corrected chi connectivity index (χ3v) is 2.46. The van der Waals surface area contributed by atoms with E-state index in [9.17, 15) is 4.79 Å². The lowest BCUT2D eigenvalue weighted by Crippen LogP contribution is -2.27. The summed E-state index contributed by atoms with van der Waals surface area (Å²) in [5, 5.41) is 0. The Hall–Kier alpha value is -1.23. The lowest BCUT2D eigenvalue weighted by molar-refractivity contribution is -0.130. The van der Waals surface area contributed by atoms with E-state index in [2.05, 4.69) is 15.9 Å². The molecule has 0 fully saturated rings. The molecule has 0 heterocycles. The summed E-state index contributed by atoms with van der Waals surface area (Å²) in [6.07, 6.45) is 0. The van der Waals surface area contributed by atoms with Crippen LogP contribution in [0.3, 0.4) is 0 Å². The molecule has 1 aromatic carbocycles. The number of amides is 1. The normalized spacial score (nSPS) is 9.80. The first-order valence-electron chi connectivity index (χ1n) is 4.38. The monoisotopic (exact) mass is 272 g/mol. The number of carbonyl (C=O) groups is 1. The number of benzene rings is 1. The molecule has 0 saturated heterocycles. The van der Waals surface area contributed by atoms with Gasteiger partial charge in [0.25, 0.3) is 5.91 Å². The second-order valence-corrected chi connectivity index (χ2v) is 4.12. The first-order valence-corrected chi connectivity index (χ1v) is 5.18. The summed E-state index contributed by atoms with van der Waals surface area (Å²) in [4.78, 5) is 12.7. The van der Waals surface area contributed by atoms with E-state index < -0.39 is 0 Å². The number of nitrogens with two attached hydrogens (primary N) is 1. The third kappa shape index (κ3) is 3.43. The molecule has 0 atom stereocenters. The van der Waals surface area contributed by atoms with Gasteiger partial charge < -0.3 is 15.4 Å². The Kier molecular flexibility index (Phi) is 3.96. The van der Waals surface area contributed by atoms with Crippen molar-refractivity contribution in [3.8, 4) is 5.75 Å². The maximum absolute atomic E-state index is 11.3. The standard InChI is InChI=1S/C10H13BrN2O2/c1-13(2)10(14)6-15-9-5-7(12)3-4-8(9)11/h3-5H,6,12H2,1-2H3.